The van der Waals surface area contributed by atoms with Gasteiger partial charge in [0.05, 0.1) is 6.54 Å². The van der Waals surface area contributed by atoms with Crippen LogP contribution in [-0.2, 0) is 12.7 Å². The van der Waals surface area contributed by atoms with Gasteiger partial charge in [0.25, 0.3) is 0 Å². The first-order valence-electron chi connectivity index (χ1n) is 7.38. The highest BCUT2D eigenvalue weighted by atomic mass is 19.4. The number of hydrogen-bond donors (Lipinski definition) is 1. The molecule has 3 aromatic rings. The lowest BCUT2D eigenvalue weighted by Gasteiger charge is -2.16. The Morgan fingerprint density at radius 3 is 2.72 bits per heavy atom. The SMILES string of the molecule is C[C@@H](Cn1cncn1)Nc1cc(C(F)(F)F)nc(-c2ccccn2)n1. The quantitative estimate of drug-likeness (QED) is 0.763. The van der Waals surface area contributed by atoms with Gasteiger partial charge in [-0.2, -0.15) is 18.3 Å². The van der Waals surface area contributed by atoms with Crippen LogP contribution in [-0.4, -0.2) is 35.8 Å². The fraction of sp³-hybridized carbons (Fsp3) is 0.267. The second kappa shape index (κ2) is 6.83. The predicted molar refractivity (Wildman–Crippen MR) is 83.4 cm³/mol. The molecule has 3 aromatic heterocycles. The average molecular weight is 349 g/mol. The molecule has 0 fully saturated rings. The van der Waals surface area contributed by atoms with E-state index in [4.69, 9.17) is 0 Å². The molecule has 0 amide bonds. The van der Waals surface area contributed by atoms with E-state index in [2.05, 4.69) is 30.4 Å². The fourth-order valence-corrected chi connectivity index (χ4v) is 2.18. The molecule has 10 heteroatoms. The van der Waals surface area contributed by atoms with Gasteiger partial charge in [0, 0.05) is 18.3 Å². The van der Waals surface area contributed by atoms with Gasteiger partial charge in [0.15, 0.2) is 11.5 Å². The molecule has 25 heavy (non-hydrogen) atoms. The molecular weight excluding hydrogens is 335 g/mol. The maximum atomic E-state index is 13.1. The van der Waals surface area contributed by atoms with E-state index >= 15 is 0 Å². The molecule has 1 N–H and O–H groups in total. The molecule has 0 aromatic carbocycles. The third-order valence-corrected chi connectivity index (χ3v) is 3.23. The van der Waals surface area contributed by atoms with Gasteiger partial charge in [-0.05, 0) is 19.1 Å². The van der Waals surface area contributed by atoms with Crippen molar-refractivity contribution in [3.8, 4) is 11.5 Å². The third kappa shape index (κ3) is 4.28. The summed E-state index contributed by atoms with van der Waals surface area (Å²) in [6, 6.07) is 5.53. The Kier molecular flexibility index (Phi) is 4.59. The van der Waals surface area contributed by atoms with E-state index in [0.29, 0.717) is 6.54 Å². The third-order valence-electron chi connectivity index (χ3n) is 3.23. The van der Waals surface area contributed by atoms with Gasteiger partial charge < -0.3 is 5.32 Å². The van der Waals surface area contributed by atoms with Gasteiger partial charge in [0.2, 0.25) is 0 Å². The Bertz CT molecular complexity index is 819. The van der Waals surface area contributed by atoms with Gasteiger partial charge in [-0.3, -0.25) is 9.67 Å². The Labute approximate surface area is 141 Å². The highest BCUT2D eigenvalue weighted by Crippen LogP contribution is 2.30. The number of nitrogens with one attached hydrogen (secondary N) is 1. The van der Waals surface area contributed by atoms with Crippen molar-refractivity contribution < 1.29 is 13.2 Å². The summed E-state index contributed by atoms with van der Waals surface area (Å²) >= 11 is 0. The van der Waals surface area contributed by atoms with Crippen molar-refractivity contribution in [2.75, 3.05) is 5.32 Å². The number of alkyl halides is 3. The smallest absolute Gasteiger partial charge is 0.366 e. The fourth-order valence-electron chi connectivity index (χ4n) is 2.18. The van der Waals surface area contributed by atoms with E-state index < -0.39 is 11.9 Å². The van der Waals surface area contributed by atoms with E-state index in [1.165, 1.54) is 18.9 Å². The highest BCUT2D eigenvalue weighted by molar-refractivity contribution is 5.53. The molecule has 7 nitrogen and oxygen atoms in total. The van der Waals surface area contributed by atoms with Crippen molar-refractivity contribution in [1.82, 2.24) is 29.7 Å². The molecule has 3 heterocycles. The van der Waals surface area contributed by atoms with E-state index in [-0.39, 0.29) is 23.4 Å². The lowest BCUT2D eigenvalue weighted by atomic mass is 10.3. The molecule has 130 valence electrons. The Hall–Kier alpha value is -3.04. The number of pyridine rings is 1. The molecule has 0 aliphatic heterocycles. The lowest BCUT2D eigenvalue weighted by molar-refractivity contribution is -0.141. The average Bonchev–Trinajstić information content (AvgIpc) is 3.07. The van der Waals surface area contributed by atoms with Crippen LogP contribution in [0.3, 0.4) is 0 Å². The molecule has 0 saturated carbocycles. The molecule has 3 rings (SSSR count). The standard InChI is InChI=1S/C15H14F3N7/c1-10(7-25-9-19-8-21-25)22-13-6-12(15(16,17)18)23-14(24-13)11-4-2-3-5-20-11/h2-6,8-10H,7H2,1H3,(H,22,23,24)/t10-/m0/s1. The number of rotatable bonds is 5. The van der Waals surface area contributed by atoms with Crippen LogP contribution in [0.5, 0.6) is 0 Å². The van der Waals surface area contributed by atoms with Crippen LogP contribution in [0.1, 0.15) is 12.6 Å². The molecule has 0 aliphatic rings. The van der Waals surface area contributed by atoms with Gasteiger partial charge >= 0.3 is 6.18 Å². The monoisotopic (exact) mass is 349 g/mol. The minimum absolute atomic E-state index is 0.0654. The molecule has 0 spiro atoms. The minimum Gasteiger partial charge on any atom is -0.366 e. The van der Waals surface area contributed by atoms with Crippen molar-refractivity contribution in [3.05, 3.63) is 48.8 Å². The molecule has 0 unspecified atom stereocenters. The van der Waals surface area contributed by atoms with E-state index in [9.17, 15) is 13.2 Å². The Morgan fingerprint density at radius 1 is 1.24 bits per heavy atom. The largest absolute Gasteiger partial charge is 0.433 e. The van der Waals surface area contributed by atoms with Gasteiger partial charge in [-0.25, -0.2) is 15.0 Å². The summed E-state index contributed by atoms with van der Waals surface area (Å²) in [5.41, 5.74) is -0.765. The highest BCUT2D eigenvalue weighted by Gasteiger charge is 2.34. The first-order valence-corrected chi connectivity index (χ1v) is 7.38. The number of halogens is 3. The summed E-state index contributed by atoms with van der Waals surface area (Å²) in [4.78, 5) is 15.6. The van der Waals surface area contributed by atoms with Crippen LogP contribution in [0, 0.1) is 0 Å². The molecule has 0 saturated heterocycles. The molecular formula is C15H14F3N7. The van der Waals surface area contributed by atoms with Crippen LogP contribution in [0.4, 0.5) is 19.0 Å². The van der Waals surface area contributed by atoms with Crippen molar-refractivity contribution >= 4 is 5.82 Å². The van der Waals surface area contributed by atoms with Crippen molar-refractivity contribution in [2.24, 2.45) is 0 Å². The first-order chi connectivity index (χ1) is 11.9. The summed E-state index contributed by atoms with van der Waals surface area (Å²) in [7, 11) is 0. The molecule has 0 radical (unpaired) electrons. The molecule has 1 atom stereocenters. The van der Waals surface area contributed by atoms with Crippen LogP contribution in [0.25, 0.3) is 11.5 Å². The second-order valence-electron chi connectivity index (χ2n) is 5.34. The van der Waals surface area contributed by atoms with Gasteiger partial charge in [-0.1, -0.05) is 6.07 Å². The zero-order valence-electron chi connectivity index (χ0n) is 13.1. The summed E-state index contributed by atoms with van der Waals surface area (Å²) in [5, 5.41) is 6.90. The maximum absolute atomic E-state index is 13.1. The maximum Gasteiger partial charge on any atom is 0.433 e. The summed E-state index contributed by atoms with van der Waals surface area (Å²) in [6.07, 6.45) is -0.200. The van der Waals surface area contributed by atoms with Crippen molar-refractivity contribution in [2.45, 2.75) is 25.7 Å². The lowest BCUT2D eigenvalue weighted by Crippen LogP contribution is -2.23. The predicted octanol–water partition coefficient (Wildman–Crippen LogP) is 2.65. The van der Waals surface area contributed by atoms with Crippen LogP contribution in [0.2, 0.25) is 0 Å². The normalized spacial score (nSPS) is 12.8. The van der Waals surface area contributed by atoms with E-state index in [1.807, 2.05) is 0 Å². The molecule has 0 aliphatic carbocycles. The summed E-state index contributed by atoms with van der Waals surface area (Å²) < 4.78 is 41.0. The van der Waals surface area contributed by atoms with E-state index in [1.54, 1.807) is 29.8 Å². The summed E-state index contributed by atoms with van der Waals surface area (Å²) in [5.74, 6) is -0.0264. The Morgan fingerprint density at radius 2 is 2.08 bits per heavy atom. The number of hydrogen-bond acceptors (Lipinski definition) is 6. The number of nitrogens with zero attached hydrogens (tertiary/aromatic N) is 6. The molecule has 0 bridgehead atoms. The topological polar surface area (TPSA) is 81.4 Å². The van der Waals surface area contributed by atoms with Crippen LogP contribution >= 0.6 is 0 Å². The second-order valence-corrected chi connectivity index (χ2v) is 5.34. The Balaban J connectivity index is 1.89. The zero-order valence-corrected chi connectivity index (χ0v) is 13.1. The van der Waals surface area contributed by atoms with E-state index in [0.717, 1.165) is 6.07 Å². The minimum atomic E-state index is -4.59. The number of anilines is 1. The summed E-state index contributed by atoms with van der Waals surface area (Å²) in [6.45, 7) is 2.22. The first kappa shape index (κ1) is 16.8. The van der Waals surface area contributed by atoms with Gasteiger partial charge in [0.1, 0.15) is 24.2 Å². The van der Waals surface area contributed by atoms with Crippen molar-refractivity contribution in [1.29, 1.82) is 0 Å². The van der Waals surface area contributed by atoms with Crippen LogP contribution in [0.15, 0.2) is 43.1 Å². The number of aromatic nitrogens is 6. The zero-order chi connectivity index (χ0) is 17.9. The van der Waals surface area contributed by atoms with Crippen molar-refractivity contribution in [3.63, 3.8) is 0 Å². The van der Waals surface area contributed by atoms with Gasteiger partial charge in [-0.15, -0.1) is 0 Å². The van der Waals surface area contributed by atoms with Crippen LogP contribution < -0.4 is 5.32 Å².